The highest BCUT2D eigenvalue weighted by Gasteiger charge is 2.45. The van der Waals surface area contributed by atoms with Crippen LogP contribution in [-0.2, 0) is 14.3 Å². The van der Waals surface area contributed by atoms with E-state index in [4.69, 9.17) is 9.47 Å². The second kappa shape index (κ2) is 3.46. The Balaban J connectivity index is 2.06. The predicted octanol–water partition coefficient (Wildman–Crippen LogP) is 1.15. The predicted molar refractivity (Wildman–Crippen MR) is 55.3 cm³/mol. The van der Waals surface area contributed by atoms with Gasteiger partial charge < -0.3 is 14.4 Å². The molecule has 0 N–H and O–H groups in total. The minimum absolute atomic E-state index is 0.0999. The van der Waals surface area contributed by atoms with Crippen molar-refractivity contribution in [2.75, 3.05) is 19.8 Å². The molecule has 2 heterocycles. The van der Waals surface area contributed by atoms with E-state index in [0.29, 0.717) is 19.6 Å². The molecule has 0 bridgehead atoms. The quantitative estimate of drug-likeness (QED) is 0.606. The monoisotopic (exact) mass is 213 g/mol. The van der Waals surface area contributed by atoms with Gasteiger partial charge in [0.2, 0.25) is 5.91 Å². The van der Waals surface area contributed by atoms with Gasteiger partial charge in [0.05, 0.1) is 19.6 Å². The molecule has 2 fully saturated rings. The summed E-state index contributed by atoms with van der Waals surface area (Å²) in [5, 5.41) is 0. The number of likely N-dealkylation sites (tertiary alicyclic amines) is 1. The number of amides is 1. The summed E-state index contributed by atoms with van der Waals surface area (Å²) < 4.78 is 11.1. The number of rotatable bonds is 0. The first-order valence-electron chi connectivity index (χ1n) is 5.51. The largest absolute Gasteiger partial charge is 0.347 e. The van der Waals surface area contributed by atoms with Crippen molar-refractivity contribution in [3.63, 3.8) is 0 Å². The van der Waals surface area contributed by atoms with Crippen LogP contribution < -0.4 is 0 Å². The summed E-state index contributed by atoms with van der Waals surface area (Å²) >= 11 is 0. The fraction of sp³-hybridized carbons (Fsp3) is 0.909. The molecule has 0 aromatic rings. The maximum atomic E-state index is 12.0. The van der Waals surface area contributed by atoms with E-state index >= 15 is 0 Å². The van der Waals surface area contributed by atoms with Crippen molar-refractivity contribution in [3.05, 3.63) is 0 Å². The molecule has 0 unspecified atom stereocenters. The Labute approximate surface area is 90.5 Å². The van der Waals surface area contributed by atoms with Gasteiger partial charge in [0, 0.05) is 18.5 Å². The Bertz CT molecular complexity index is 263. The Hall–Kier alpha value is -0.610. The zero-order valence-corrected chi connectivity index (χ0v) is 9.71. The third-order valence-corrected chi connectivity index (χ3v) is 3.06. The van der Waals surface area contributed by atoms with E-state index < -0.39 is 5.79 Å². The molecule has 4 heteroatoms. The van der Waals surface area contributed by atoms with E-state index in [1.807, 2.05) is 4.90 Å². The van der Waals surface area contributed by atoms with Crippen LogP contribution in [0.1, 0.15) is 33.6 Å². The highest BCUT2D eigenvalue weighted by molar-refractivity contribution is 5.78. The molecule has 1 spiro atoms. The van der Waals surface area contributed by atoms with Gasteiger partial charge in [0.25, 0.3) is 0 Å². The minimum Gasteiger partial charge on any atom is -0.347 e. The van der Waals surface area contributed by atoms with Crippen LogP contribution in [0.4, 0.5) is 0 Å². The molecule has 4 nitrogen and oxygen atoms in total. The second-order valence-corrected chi connectivity index (χ2v) is 5.25. The third kappa shape index (κ3) is 2.01. The first-order chi connectivity index (χ1) is 6.93. The Kier molecular flexibility index (Phi) is 2.51. The molecule has 0 aromatic carbocycles. The topological polar surface area (TPSA) is 38.8 Å². The van der Waals surface area contributed by atoms with Crippen molar-refractivity contribution in [1.82, 2.24) is 4.90 Å². The molecule has 2 aliphatic heterocycles. The van der Waals surface area contributed by atoms with Crippen LogP contribution in [0.5, 0.6) is 0 Å². The van der Waals surface area contributed by atoms with Crippen LogP contribution in [0.3, 0.4) is 0 Å². The highest BCUT2D eigenvalue weighted by atomic mass is 16.7. The van der Waals surface area contributed by atoms with E-state index in [0.717, 1.165) is 13.0 Å². The fourth-order valence-electron chi connectivity index (χ4n) is 2.27. The van der Waals surface area contributed by atoms with Crippen molar-refractivity contribution in [2.24, 2.45) is 0 Å². The van der Waals surface area contributed by atoms with Gasteiger partial charge in [-0.15, -0.1) is 0 Å². The van der Waals surface area contributed by atoms with Crippen molar-refractivity contribution in [1.29, 1.82) is 0 Å². The van der Waals surface area contributed by atoms with Crippen LogP contribution in [0, 0.1) is 0 Å². The lowest BCUT2D eigenvalue weighted by atomic mass is 9.96. The van der Waals surface area contributed by atoms with Crippen LogP contribution in [0.25, 0.3) is 0 Å². The van der Waals surface area contributed by atoms with Gasteiger partial charge in [-0.3, -0.25) is 4.79 Å². The fourth-order valence-corrected chi connectivity index (χ4v) is 2.27. The summed E-state index contributed by atoms with van der Waals surface area (Å²) in [6.07, 6.45) is 1.15. The van der Waals surface area contributed by atoms with Crippen molar-refractivity contribution < 1.29 is 14.3 Å². The molecule has 1 amide bonds. The highest BCUT2D eigenvalue weighted by Crippen LogP contribution is 2.34. The minimum atomic E-state index is -0.598. The van der Waals surface area contributed by atoms with E-state index in [2.05, 4.69) is 20.8 Å². The molecule has 0 saturated carbocycles. The van der Waals surface area contributed by atoms with E-state index in [1.54, 1.807) is 0 Å². The lowest BCUT2D eigenvalue weighted by molar-refractivity contribution is -0.197. The zero-order valence-electron chi connectivity index (χ0n) is 9.71. The first-order valence-corrected chi connectivity index (χ1v) is 5.51. The second-order valence-electron chi connectivity index (χ2n) is 5.25. The molecule has 2 saturated heterocycles. The summed E-state index contributed by atoms with van der Waals surface area (Å²) in [6, 6.07) is 0. The average molecular weight is 213 g/mol. The molecule has 0 atom stereocenters. The summed E-state index contributed by atoms with van der Waals surface area (Å²) in [6.45, 7) is 8.12. The van der Waals surface area contributed by atoms with Gasteiger partial charge in [0.15, 0.2) is 5.79 Å². The first kappa shape index (κ1) is 10.9. The van der Waals surface area contributed by atoms with Gasteiger partial charge in [0.1, 0.15) is 0 Å². The summed E-state index contributed by atoms with van der Waals surface area (Å²) in [4.78, 5) is 13.9. The Morgan fingerprint density at radius 2 is 1.87 bits per heavy atom. The van der Waals surface area contributed by atoms with Crippen molar-refractivity contribution >= 4 is 5.91 Å². The van der Waals surface area contributed by atoms with E-state index in [-0.39, 0.29) is 11.4 Å². The standard InChI is InChI=1S/C11H19NO3/c1-10(2,3)12-5-4-11(8-9(12)13)14-6-7-15-11/h4-8H2,1-3H3. The molecule has 86 valence electrons. The maximum absolute atomic E-state index is 12.0. The Morgan fingerprint density at radius 3 is 2.33 bits per heavy atom. The third-order valence-electron chi connectivity index (χ3n) is 3.06. The van der Waals surface area contributed by atoms with Gasteiger partial charge >= 0.3 is 0 Å². The average Bonchev–Trinajstić information content (AvgIpc) is 2.50. The number of piperidine rings is 1. The number of carbonyl (C=O) groups excluding carboxylic acids is 1. The molecular weight excluding hydrogens is 194 g/mol. The number of hydrogen-bond acceptors (Lipinski definition) is 3. The van der Waals surface area contributed by atoms with Crippen LogP contribution in [0.15, 0.2) is 0 Å². The molecule has 15 heavy (non-hydrogen) atoms. The van der Waals surface area contributed by atoms with Crippen LogP contribution in [-0.4, -0.2) is 41.9 Å². The molecule has 0 aromatic heterocycles. The maximum Gasteiger partial charge on any atom is 0.228 e. The molecule has 2 rings (SSSR count). The lowest BCUT2D eigenvalue weighted by Crippen LogP contribution is -2.55. The van der Waals surface area contributed by atoms with Crippen molar-refractivity contribution in [2.45, 2.75) is 44.9 Å². The smallest absolute Gasteiger partial charge is 0.228 e. The SMILES string of the molecule is CC(C)(C)N1CCC2(CC1=O)OCCO2. The van der Waals surface area contributed by atoms with Crippen LogP contribution in [0.2, 0.25) is 0 Å². The Morgan fingerprint density at radius 1 is 1.27 bits per heavy atom. The number of carbonyl (C=O) groups is 1. The van der Waals surface area contributed by atoms with E-state index in [1.165, 1.54) is 0 Å². The van der Waals surface area contributed by atoms with Gasteiger partial charge in [-0.1, -0.05) is 0 Å². The van der Waals surface area contributed by atoms with E-state index in [9.17, 15) is 4.79 Å². The number of ether oxygens (including phenoxy) is 2. The molecule has 2 aliphatic rings. The van der Waals surface area contributed by atoms with Gasteiger partial charge in [-0.25, -0.2) is 0 Å². The normalized spacial score (nSPS) is 26.3. The van der Waals surface area contributed by atoms with Crippen molar-refractivity contribution in [3.8, 4) is 0 Å². The summed E-state index contributed by atoms with van der Waals surface area (Å²) in [5.74, 6) is -0.464. The lowest BCUT2D eigenvalue weighted by Gasteiger charge is -2.43. The van der Waals surface area contributed by atoms with Gasteiger partial charge in [-0.2, -0.15) is 0 Å². The number of hydrogen-bond donors (Lipinski definition) is 0. The number of nitrogens with zero attached hydrogens (tertiary/aromatic N) is 1. The van der Waals surface area contributed by atoms with Crippen LogP contribution >= 0.6 is 0 Å². The summed E-state index contributed by atoms with van der Waals surface area (Å²) in [7, 11) is 0. The zero-order chi connectivity index (χ0) is 11.1. The molecule has 0 radical (unpaired) electrons. The molecule has 0 aliphatic carbocycles. The molecular formula is C11H19NO3. The summed E-state index contributed by atoms with van der Waals surface area (Å²) in [5.41, 5.74) is -0.0999. The van der Waals surface area contributed by atoms with Gasteiger partial charge in [-0.05, 0) is 20.8 Å².